The number of nitrogens with zero attached hydrogens (tertiary/aromatic N) is 3. The van der Waals surface area contributed by atoms with Gasteiger partial charge in [0, 0.05) is 17.4 Å². The van der Waals surface area contributed by atoms with Gasteiger partial charge in [0.25, 0.3) is 0 Å². The maximum absolute atomic E-state index is 12.1. The van der Waals surface area contributed by atoms with Crippen LogP contribution in [-0.2, 0) is 11.3 Å². The Labute approximate surface area is 125 Å². The van der Waals surface area contributed by atoms with Crippen LogP contribution in [0.15, 0.2) is 33.3 Å². The van der Waals surface area contributed by atoms with E-state index in [1.54, 1.807) is 6.92 Å². The van der Waals surface area contributed by atoms with Crippen LogP contribution >= 0.6 is 15.9 Å². The third-order valence-electron chi connectivity index (χ3n) is 3.42. The fraction of sp³-hybridized carbons (Fsp3) is 0.357. The van der Waals surface area contributed by atoms with E-state index in [4.69, 9.17) is 4.52 Å². The van der Waals surface area contributed by atoms with E-state index in [0.717, 1.165) is 16.5 Å². The SMILES string of the molecule is Cc1noc(C2CCC(=O)N2Cc2ccc(Br)cc2)n1. The van der Waals surface area contributed by atoms with Gasteiger partial charge in [-0.15, -0.1) is 0 Å². The van der Waals surface area contributed by atoms with E-state index in [1.165, 1.54) is 0 Å². The quantitative estimate of drug-likeness (QED) is 0.865. The minimum Gasteiger partial charge on any atom is -0.337 e. The zero-order chi connectivity index (χ0) is 14.1. The van der Waals surface area contributed by atoms with E-state index in [1.807, 2.05) is 29.2 Å². The van der Waals surface area contributed by atoms with Gasteiger partial charge >= 0.3 is 0 Å². The van der Waals surface area contributed by atoms with E-state index in [2.05, 4.69) is 26.1 Å². The summed E-state index contributed by atoms with van der Waals surface area (Å²) in [7, 11) is 0. The number of aromatic nitrogens is 2. The molecule has 1 aromatic carbocycles. The molecule has 1 saturated heterocycles. The fourth-order valence-electron chi connectivity index (χ4n) is 2.42. The maximum Gasteiger partial charge on any atom is 0.249 e. The fourth-order valence-corrected chi connectivity index (χ4v) is 2.69. The third-order valence-corrected chi connectivity index (χ3v) is 3.95. The van der Waals surface area contributed by atoms with Crippen LogP contribution in [0.3, 0.4) is 0 Å². The van der Waals surface area contributed by atoms with Gasteiger partial charge in [0.2, 0.25) is 11.8 Å². The van der Waals surface area contributed by atoms with Gasteiger partial charge < -0.3 is 9.42 Å². The molecule has 1 aliphatic rings. The molecule has 104 valence electrons. The lowest BCUT2D eigenvalue weighted by Crippen LogP contribution is -2.27. The van der Waals surface area contributed by atoms with Gasteiger partial charge in [0.1, 0.15) is 6.04 Å². The number of halogens is 1. The van der Waals surface area contributed by atoms with E-state index >= 15 is 0 Å². The molecule has 1 amide bonds. The van der Waals surface area contributed by atoms with Gasteiger partial charge in [-0.05, 0) is 31.0 Å². The number of carbonyl (C=O) groups excluding carboxylic acids is 1. The molecule has 0 spiro atoms. The highest BCUT2D eigenvalue weighted by Gasteiger charge is 2.35. The lowest BCUT2D eigenvalue weighted by atomic mass is 10.2. The number of benzene rings is 1. The lowest BCUT2D eigenvalue weighted by molar-refractivity contribution is -0.129. The number of hydrogen-bond acceptors (Lipinski definition) is 4. The van der Waals surface area contributed by atoms with Crippen molar-refractivity contribution in [3.63, 3.8) is 0 Å². The van der Waals surface area contributed by atoms with E-state index in [-0.39, 0.29) is 11.9 Å². The summed E-state index contributed by atoms with van der Waals surface area (Å²) in [6.45, 7) is 2.35. The molecule has 1 aliphatic heterocycles. The Hall–Kier alpha value is -1.69. The van der Waals surface area contributed by atoms with Crippen LogP contribution in [0.5, 0.6) is 0 Å². The van der Waals surface area contributed by atoms with Crippen molar-refractivity contribution in [1.82, 2.24) is 15.0 Å². The topological polar surface area (TPSA) is 59.2 Å². The Kier molecular flexibility index (Phi) is 3.56. The highest BCUT2D eigenvalue weighted by Crippen LogP contribution is 2.33. The summed E-state index contributed by atoms with van der Waals surface area (Å²) in [5, 5.41) is 3.81. The van der Waals surface area contributed by atoms with Gasteiger partial charge in [0.05, 0.1) is 0 Å². The Morgan fingerprint density at radius 3 is 2.80 bits per heavy atom. The van der Waals surface area contributed by atoms with Gasteiger partial charge in [-0.3, -0.25) is 4.79 Å². The summed E-state index contributed by atoms with van der Waals surface area (Å²) in [5.74, 6) is 1.27. The van der Waals surface area contributed by atoms with Crippen LogP contribution in [0.25, 0.3) is 0 Å². The first-order valence-electron chi connectivity index (χ1n) is 6.47. The molecule has 0 N–H and O–H groups in total. The predicted octanol–water partition coefficient (Wildman–Crippen LogP) is 3.00. The van der Waals surface area contributed by atoms with E-state index in [9.17, 15) is 4.79 Å². The summed E-state index contributed by atoms with van der Waals surface area (Å²) in [6, 6.07) is 7.86. The molecule has 2 aromatic rings. The second-order valence-corrected chi connectivity index (χ2v) is 5.80. The second kappa shape index (κ2) is 5.36. The van der Waals surface area contributed by atoms with Gasteiger partial charge in [-0.2, -0.15) is 4.98 Å². The Morgan fingerprint density at radius 1 is 1.40 bits per heavy atom. The third kappa shape index (κ3) is 2.60. The molecule has 20 heavy (non-hydrogen) atoms. The Morgan fingerprint density at radius 2 is 2.15 bits per heavy atom. The summed E-state index contributed by atoms with van der Waals surface area (Å²) in [5.41, 5.74) is 1.09. The number of aryl methyl sites for hydroxylation is 1. The zero-order valence-electron chi connectivity index (χ0n) is 11.0. The van der Waals surface area contributed by atoms with Crippen molar-refractivity contribution in [1.29, 1.82) is 0 Å². The smallest absolute Gasteiger partial charge is 0.249 e. The summed E-state index contributed by atoms with van der Waals surface area (Å²) in [6.07, 6.45) is 1.26. The van der Waals surface area contributed by atoms with Crippen molar-refractivity contribution < 1.29 is 9.32 Å². The molecule has 0 bridgehead atoms. The molecule has 1 fully saturated rings. The summed E-state index contributed by atoms with van der Waals surface area (Å²) >= 11 is 3.41. The van der Waals surface area contributed by atoms with Crippen molar-refractivity contribution in [2.45, 2.75) is 32.4 Å². The Balaban J connectivity index is 1.82. The van der Waals surface area contributed by atoms with Crippen LogP contribution in [0.1, 0.15) is 36.2 Å². The van der Waals surface area contributed by atoms with Gasteiger partial charge in [-0.1, -0.05) is 33.2 Å². The molecule has 2 heterocycles. The van der Waals surface area contributed by atoms with Crippen LogP contribution in [0.2, 0.25) is 0 Å². The van der Waals surface area contributed by atoms with Crippen molar-refractivity contribution in [2.75, 3.05) is 0 Å². The average Bonchev–Trinajstić information content (AvgIpc) is 3.00. The van der Waals surface area contributed by atoms with Crippen molar-refractivity contribution in [2.24, 2.45) is 0 Å². The molecule has 1 atom stereocenters. The monoisotopic (exact) mass is 335 g/mol. The first kappa shape index (κ1) is 13.3. The molecule has 6 heteroatoms. The summed E-state index contributed by atoms with van der Waals surface area (Å²) in [4.78, 5) is 18.1. The first-order chi connectivity index (χ1) is 9.63. The van der Waals surface area contributed by atoms with E-state index in [0.29, 0.717) is 24.7 Å². The molecular weight excluding hydrogens is 322 g/mol. The van der Waals surface area contributed by atoms with Crippen LogP contribution in [-0.4, -0.2) is 20.9 Å². The van der Waals surface area contributed by atoms with Crippen LogP contribution in [0.4, 0.5) is 0 Å². The Bertz CT molecular complexity index is 624. The van der Waals surface area contributed by atoms with Crippen LogP contribution < -0.4 is 0 Å². The standard InChI is InChI=1S/C14H14BrN3O2/c1-9-16-14(20-17-9)12-6-7-13(19)18(12)8-10-2-4-11(15)5-3-10/h2-5,12H,6-8H2,1H3. The number of amides is 1. The molecule has 0 aliphatic carbocycles. The molecule has 0 saturated carbocycles. The van der Waals surface area contributed by atoms with Crippen molar-refractivity contribution in [3.05, 3.63) is 46.0 Å². The molecule has 1 aromatic heterocycles. The summed E-state index contributed by atoms with van der Waals surface area (Å²) < 4.78 is 6.25. The predicted molar refractivity (Wildman–Crippen MR) is 75.7 cm³/mol. The highest BCUT2D eigenvalue weighted by molar-refractivity contribution is 9.10. The number of hydrogen-bond donors (Lipinski definition) is 0. The maximum atomic E-state index is 12.1. The van der Waals surface area contributed by atoms with E-state index < -0.39 is 0 Å². The van der Waals surface area contributed by atoms with Gasteiger partial charge in [0.15, 0.2) is 5.82 Å². The minimum absolute atomic E-state index is 0.104. The lowest BCUT2D eigenvalue weighted by Gasteiger charge is -2.22. The second-order valence-electron chi connectivity index (χ2n) is 4.88. The molecular formula is C14H14BrN3O2. The first-order valence-corrected chi connectivity index (χ1v) is 7.27. The van der Waals surface area contributed by atoms with Crippen molar-refractivity contribution >= 4 is 21.8 Å². The van der Waals surface area contributed by atoms with Crippen molar-refractivity contribution in [3.8, 4) is 0 Å². The largest absolute Gasteiger partial charge is 0.337 e. The number of carbonyl (C=O) groups is 1. The normalized spacial score (nSPS) is 18.8. The minimum atomic E-state index is -0.104. The molecule has 1 unspecified atom stereocenters. The van der Waals surface area contributed by atoms with Gasteiger partial charge in [-0.25, -0.2) is 0 Å². The molecule has 3 rings (SSSR count). The molecule has 0 radical (unpaired) electrons. The van der Waals surface area contributed by atoms with Crippen LogP contribution in [0, 0.1) is 6.92 Å². The molecule has 5 nitrogen and oxygen atoms in total. The zero-order valence-corrected chi connectivity index (χ0v) is 12.6. The number of likely N-dealkylation sites (tertiary alicyclic amines) is 1. The highest BCUT2D eigenvalue weighted by atomic mass is 79.9. The number of rotatable bonds is 3. The average molecular weight is 336 g/mol.